The fourth-order valence-electron chi connectivity index (χ4n) is 1.59. The molecule has 1 aliphatic heterocycles. The van der Waals surface area contributed by atoms with E-state index in [0.29, 0.717) is 32.5 Å². The van der Waals surface area contributed by atoms with Crippen molar-refractivity contribution >= 4 is 10.2 Å². The summed E-state index contributed by atoms with van der Waals surface area (Å²) < 4.78 is 31.8. The van der Waals surface area contributed by atoms with Gasteiger partial charge in [0.2, 0.25) is 0 Å². The molecule has 0 aromatic rings. The molecule has 15 heavy (non-hydrogen) atoms. The zero-order valence-corrected chi connectivity index (χ0v) is 9.66. The monoisotopic (exact) mass is 238 g/mol. The van der Waals surface area contributed by atoms with Gasteiger partial charge in [-0.2, -0.15) is 12.7 Å². The van der Waals surface area contributed by atoms with Crippen LogP contribution in [0.1, 0.15) is 12.8 Å². The molecular formula is C8H18N2O4S. The van der Waals surface area contributed by atoms with E-state index in [1.807, 2.05) is 0 Å². The summed E-state index contributed by atoms with van der Waals surface area (Å²) >= 11 is 0. The second-order valence-electron chi connectivity index (χ2n) is 3.40. The Morgan fingerprint density at radius 3 is 2.53 bits per heavy atom. The van der Waals surface area contributed by atoms with Crippen molar-refractivity contribution in [2.45, 2.75) is 18.9 Å². The fourth-order valence-corrected chi connectivity index (χ4v) is 2.54. The van der Waals surface area contributed by atoms with Crippen LogP contribution in [0, 0.1) is 0 Å². The highest BCUT2D eigenvalue weighted by Crippen LogP contribution is 2.15. The van der Waals surface area contributed by atoms with Crippen LogP contribution in [0.15, 0.2) is 0 Å². The lowest BCUT2D eigenvalue weighted by atomic mass is 10.1. The van der Waals surface area contributed by atoms with E-state index in [-0.39, 0.29) is 12.7 Å². The maximum atomic E-state index is 11.4. The van der Waals surface area contributed by atoms with Crippen molar-refractivity contribution in [1.82, 2.24) is 9.03 Å². The van der Waals surface area contributed by atoms with E-state index in [0.717, 1.165) is 0 Å². The molecule has 6 nitrogen and oxygen atoms in total. The van der Waals surface area contributed by atoms with Crippen molar-refractivity contribution < 1.29 is 18.3 Å². The molecule has 1 aliphatic rings. The SMILES string of the molecule is CNS(=O)(=O)N1CCC(OCCO)CC1. The highest BCUT2D eigenvalue weighted by atomic mass is 32.2. The first-order valence-electron chi connectivity index (χ1n) is 5.01. The maximum Gasteiger partial charge on any atom is 0.279 e. The van der Waals surface area contributed by atoms with Gasteiger partial charge in [0.15, 0.2) is 0 Å². The van der Waals surface area contributed by atoms with Crippen molar-refractivity contribution in [3.63, 3.8) is 0 Å². The minimum atomic E-state index is -3.29. The molecule has 0 spiro atoms. The van der Waals surface area contributed by atoms with Crippen LogP contribution in [0.2, 0.25) is 0 Å². The molecule has 0 unspecified atom stereocenters. The lowest BCUT2D eigenvalue weighted by Crippen LogP contribution is -2.45. The summed E-state index contributed by atoms with van der Waals surface area (Å²) in [5.41, 5.74) is 0. The first-order chi connectivity index (χ1) is 7.10. The molecule has 1 heterocycles. The fraction of sp³-hybridized carbons (Fsp3) is 1.00. The van der Waals surface area contributed by atoms with Crippen LogP contribution < -0.4 is 4.72 Å². The van der Waals surface area contributed by atoms with Crippen molar-refractivity contribution in [1.29, 1.82) is 0 Å². The van der Waals surface area contributed by atoms with Crippen LogP contribution >= 0.6 is 0 Å². The Labute approximate surface area is 90.4 Å². The normalized spacial score (nSPS) is 20.7. The van der Waals surface area contributed by atoms with E-state index in [2.05, 4.69) is 4.72 Å². The average Bonchev–Trinajstić information content (AvgIpc) is 2.27. The van der Waals surface area contributed by atoms with Crippen LogP contribution in [-0.4, -0.2) is 57.3 Å². The van der Waals surface area contributed by atoms with Gasteiger partial charge in [0.05, 0.1) is 19.3 Å². The van der Waals surface area contributed by atoms with E-state index >= 15 is 0 Å². The zero-order chi connectivity index (χ0) is 11.3. The van der Waals surface area contributed by atoms with Gasteiger partial charge in [-0.15, -0.1) is 0 Å². The number of nitrogens with one attached hydrogen (secondary N) is 1. The number of rotatable bonds is 5. The number of aliphatic hydroxyl groups is 1. The number of hydrogen-bond donors (Lipinski definition) is 2. The molecule has 0 atom stereocenters. The molecule has 2 N–H and O–H groups in total. The van der Waals surface area contributed by atoms with Gasteiger partial charge in [0.1, 0.15) is 0 Å². The summed E-state index contributed by atoms with van der Waals surface area (Å²) in [4.78, 5) is 0. The van der Waals surface area contributed by atoms with Gasteiger partial charge in [0.25, 0.3) is 10.2 Å². The molecule has 0 radical (unpaired) electrons. The quantitative estimate of drug-likeness (QED) is 0.639. The Bertz CT molecular complexity index is 272. The third kappa shape index (κ3) is 3.69. The largest absolute Gasteiger partial charge is 0.394 e. The van der Waals surface area contributed by atoms with Crippen molar-refractivity contribution in [2.75, 3.05) is 33.4 Å². The van der Waals surface area contributed by atoms with Crippen LogP contribution in [0.25, 0.3) is 0 Å². The number of nitrogens with zero attached hydrogens (tertiary/aromatic N) is 1. The highest BCUT2D eigenvalue weighted by Gasteiger charge is 2.26. The van der Waals surface area contributed by atoms with Gasteiger partial charge in [-0.1, -0.05) is 0 Å². The molecule has 7 heteroatoms. The summed E-state index contributed by atoms with van der Waals surface area (Å²) in [6.45, 7) is 1.27. The molecule has 0 aliphatic carbocycles. The summed E-state index contributed by atoms with van der Waals surface area (Å²) in [6, 6.07) is 0. The number of hydrogen-bond acceptors (Lipinski definition) is 4. The minimum Gasteiger partial charge on any atom is -0.394 e. The predicted octanol–water partition coefficient (Wildman–Crippen LogP) is -1.08. The van der Waals surface area contributed by atoms with Gasteiger partial charge in [-0.05, 0) is 12.8 Å². The van der Waals surface area contributed by atoms with Crippen LogP contribution in [0.5, 0.6) is 0 Å². The Morgan fingerprint density at radius 2 is 2.07 bits per heavy atom. The average molecular weight is 238 g/mol. The summed E-state index contributed by atoms with van der Waals surface area (Å²) in [5, 5.41) is 8.57. The van der Waals surface area contributed by atoms with E-state index in [9.17, 15) is 8.42 Å². The Balaban J connectivity index is 2.36. The van der Waals surface area contributed by atoms with Crippen molar-refractivity contribution in [2.24, 2.45) is 0 Å². The van der Waals surface area contributed by atoms with Crippen LogP contribution in [-0.2, 0) is 14.9 Å². The molecule has 1 rings (SSSR count). The molecule has 0 aromatic carbocycles. The van der Waals surface area contributed by atoms with Crippen LogP contribution in [0.3, 0.4) is 0 Å². The van der Waals surface area contributed by atoms with E-state index in [1.165, 1.54) is 11.4 Å². The summed E-state index contributed by atoms with van der Waals surface area (Å²) in [7, 11) is -1.88. The second-order valence-corrected chi connectivity index (χ2v) is 5.28. The Morgan fingerprint density at radius 1 is 1.47 bits per heavy atom. The molecule has 0 amide bonds. The van der Waals surface area contributed by atoms with E-state index < -0.39 is 10.2 Å². The van der Waals surface area contributed by atoms with Gasteiger partial charge in [-0.3, -0.25) is 0 Å². The number of aliphatic hydroxyl groups excluding tert-OH is 1. The lowest BCUT2D eigenvalue weighted by Gasteiger charge is -2.30. The van der Waals surface area contributed by atoms with Gasteiger partial charge in [-0.25, -0.2) is 4.72 Å². The van der Waals surface area contributed by atoms with E-state index in [4.69, 9.17) is 9.84 Å². The van der Waals surface area contributed by atoms with Crippen LogP contribution in [0.4, 0.5) is 0 Å². The lowest BCUT2D eigenvalue weighted by molar-refractivity contribution is 0.00308. The standard InChI is InChI=1S/C8H18N2O4S/c1-9-15(12,13)10-4-2-8(3-5-10)14-7-6-11/h8-9,11H,2-7H2,1H3. The molecule has 1 saturated heterocycles. The zero-order valence-electron chi connectivity index (χ0n) is 8.85. The number of ether oxygens (including phenoxy) is 1. The minimum absolute atomic E-state index is 0.00896. The first-order valence-corrected chi connectivity index (χ1v) is 6.45. The third-order valence-corrected chi connectivity index (χ3v) is 4.00. The molecular weight excluding hydrogens is 220 g/mol. The topological polar surface area (TPSA) is 78.9 Å². The van der Waals surface area contributed by atoms with Crippen molar-refractivity contribution in [3.8, 4) is 0 Å². The number of piperidine rings is 1. The molecule has 1 fully saturated rings. The van der Waals surface area contributed by atoms with Gasteiger partial charge >= 0.3 is 0 Å². The molecule has 90 valence electrons. The van der Waals surface area contributed by atoms with E-state index in [1.54, 1.807) is 0 Å². The molecule has 0 bridgehead atoms. The first kappa shape index (κ1) is 12.9. The maximum absolute atomic E-state index is 11.4. The van der Waals surface area contributed by atoms with Gasteiger partial charge in [0, 0.05) is 20.1 Å². The second kappa shape index (κ2) is 5.76. The Kier molecular flexibility index (Phi) is 4.94. The van der Waals surface area contributed by atoms with Crippen molar-refractivity contribution in [3.05, 3.63) is 0 Å². The smallest absolute Gasteiger partial charge is 0.279 e. The molecule has 0 aromatic heterocycles. The third-order valence-electron chi connectivity index (χ3n) is 2.44. The highest BCUT2D eigenvalue weighted by molar-refractivity contribution is 7.87. The summed E-state index contributed by atoms with van der Waals surface area (Å²) in [6.07, 6.45) is 1.43. The van der Waals surface area contributed by atoms with Gasteiger partial charge < -0.3 is 9.84 Å². The Hall–Kier alpha value is -0.210. The predicted molar refractivity (Wildman–Crippen MR) is 55.6 cm³/mol. The summed E-state index contributed by atoms with van der Waals surface area (Å²) in [5.74, 6) is 0. The molecule has 0 saturated carbocycles.